The number of hydrogen-bond acceptors (Lipinski definition) is 4. The number of nitrogen functional groups attached to an aromatic ring is 2. The summed E-state index contributed by atoms with van der Waals surface area (Å²) in [6.07, 6.45) is 0. The van der Waals surface area contributed by atoms with Gasteiger partial charge in [0.15, 0.2) is 0 Å². The molecule has 0 fully saturated rings. The summed E-state index contributed by atoms with van der Waals surface area (Å²) >= 11 is 0. The molecule has 0 aliphatic heterocycles. The van der Waals surface area contributed by atoms with Crippen LogP contribution in [0.4, 0.5) is 11.4 Å². The molecule has 0 amide bonds. The van der Waals surface area contributed by atoms with Crippen LogP contribution >= 0.6 is 0 Å². The maximum absolute atomic E-state index is 6.25. The van der Waals surface area contributed by atoms with Crippen molar-refractivity contribution < 1.29 is 9.47 Å². The zero-order chi connectivity index (χ0) is 26.7. The minimum Gasteiger partial charge on any atom is -0.457 e. The van der Waals surface area contributed by atoms with Gasteiger partial charge in [-0.3, -0.25) is 0 Å². The van der Waals surface area contributed by atoms with E-state index in [1.54, 1.807) is 0 Å². The van der Waals surface area contributed by atoms with E-state index >= 15 is 0 Å². The number of ether oxygens (including phenoxy) is 2. The van der Waals surface area contributed by atoms with Crippen LogP contribution < -0.4 is 20.9 Å². The molecule has 0 bridgehead atoms. The number of rotatable bonds is 8. The first-order chi connectivity index (χ1) is 17.5. The minimum atomic E-state index is -0.216. The van der Waals surface area contributed by atoms with Crippen molar-refractivity contribution in [2.24, 2.45) is 0 Å². The molecule has 192 valence electrons. The van der Waals surface area contributed by atoms with Gasteiger partial charge in [-0.15, -0.1) is 0 Å². The molecule has 0 saturated heterocycles. The van der Waals surface area contributed by atoms with Crippen molar-refractivity contribution in [1.29, 1.82) is 0 Å². The summed E-state index contributed by atoms with van der Waals surface area (Å²) in [6, 6.07) is 28.1. The highest BCUT2D eigenvalue weighted by atomic mass is 16.5. The average molecular weight is 495 g/mol. The molecule has 4 N–H and O–H groups in total. The number of nitrogens with two attached hydrogens (primary N) is 2. The summed E-state index contributed by atoms with van der Waals surface area (Å²) < 4.78 is 12.5. The number of hydrogen-bond donors (Lipinski definition) is 2. The zero-order valence-corrected chi connectivity index (χ0v) is 22.7. The molecule has 37 heavy (non-hydrogen) atoms. The first-order valence-electron chi connectivity index (χ1n) is 12.9. The van der Waals surface area contributed by atoms with Gasteiger partial charge in [-0.25, -0.2) is 0 Å². The van der Waals surface area contributed by atoms with Crippen molar-refractivity contribution in [3.63, 3.8) is 0 Å². The fourth-order valence-electron chi connectivity index (χ4n) is 4.46. The Labute approximate surface area is 221 Å². The molecule has 0 heterocycles. The number of anilines is 2. The van der Waals surface area contributed by atoms with Crippen molar-refractivity contribution in [2.45, 2.75) is 58.8 Å². The fraction of sp³-hybridized carbons (Fsp3) is 0.273. The topological polar surface area (TPSA) is 70.5 Å². The molecule has 4 aromatic carbocycles. The first-order valence-corrected chi connectivity index (χ1v) is 12.9. The van der Waals surface area contributed by atoms with Gasteiger partial charge in [-0.05, 0) is 94.8 Å². The van der Waals surface area contributed by atoms with Crippen LogP contribution in [0.15, 0.2) is 84.9 Å². The van der Waals surface area contributed by atoms with Crippen LogP contribution in [-0.2, 0) is 5.41 Å². The van der Waals surface area contributed by atoms with E-state index in [4.69, 9.17) is 20.9 Å². The summed E-state index contributed by atoms with van der Waals surface area (Å²) in [5.41, 5.74) is 17.7. The normalized spacial score (nSPS) is 11.7. The van der Waals surface area contributed by atoms with Crippen LogP contribution in [0.2, 0.25) is 0 Å². The molecule has 4 heteroatoms. The molecule has 0 saturated carbocycles. The monoisotopic (exact) mass is 494 g/mol. The van der Waals surface area contributed by atoms with Crippen molar-refractivity contribution in [2.75, 3.05) is 11.5 Å². The summed E-state index contributed by atoms with van der Waals surface area (Å²) in [5, 5.41) is 0. The Balaban J connectivity index is 1.67. The van der Waals surface area contributed by atoms with Gasteiger partial charge in [0.2, 0.25) is 0 Å². The molecule has 4 aromatic rings. The Morgan fingerprint density at radius 3 is 1.22 bits per heavy atom. The third-order valence-electron chi connectivity index (χ3n) is 6.92. The van der Waals surface area contributed by atoms with Gasteiger partial charge in [0, 0.05) is 16.8 Å². The van der Waals surface area contributed by atoms with Crippen LogP contribution in [0.5, 0.6) is 23.0 Å². The molecule has 0 aliphatic carbocycles. The molecule has 0 radical (unpaired) electrons. The van der Waals surface area contributed by atoms with Crippen LogP contribution in [0.1, 0.15) is 75.6 Å². The van der Waals surface area contributed by atoms with Crippen molar-refractivity contribution >= 4 is 11.4 Å². The lowest BCUT2D eigenvalue weighted by Gasteiger charge is -2.29. The van der Waals surface area contributed by atoms with Gasteiger partial charge in [0.1, 0.15) is 23.0 Å². The Hall–Kier alpha value is -3.92. The second-order valence-electron chi connectivity index (χ2n) is 10.8. The molecule has 4 nitrogen and oxygen atoms in total. The summed E-state index contributed by atoms with van der Waals surface area (Å²) in [4.78, 5) is 0. The quantitative estimate of drug-likeness (QED) is 0.240. The zero-order valence-electron chi connectivity index (χ0n) is 22.7. The molecule has 4 rings (SSSR count). The van der Waals surface area contributed by atoms with Crippen LogP contribution in [-0.4, -0.2) is 0 Å². The molecule has 0 aromatic heterocycles. The Bertz CT molecular complexity index is 1250. The Morgan fingerprint density at radius 1 is 0.541 bits per heavy atom. The molecule has 0 spiro atoms. The van der Waals surface area contributed by atoms with E-state index < -0.39 is 0 Å². The van der Waals surface area contributed by atoms with Gasteiger partial charge in [-0.1, -0.05) is 65.8 Å². The van der Waals surface area contributed by atoms with Gasteiger partial charge >= 0.3 is 0 Å². The molecule has 0 aliphatic rings. The fourth-order valence-corrected chi connectivity index (χ4v) is 4.46. The van der Waals surface area contributed by atoms with E-state index in [9.17, 15) is 0 Å². The van der Waals surface area contributed by atoms with Crippen LogP contribution in [0.3, 0.4) is 0 Å². The van der Waals surface area contributed by atoms with E-state index in [0.29, 0.717) is 11.8 Å². The lowest BCUT2D eigenvalue weighted by molar-refractivity contribution is 0.471. The second-order valence-corrected chi connectivity index (χ2v) is 10.8. The van der Waals surface area contributed by atoms with Crippen LogP contribution in [0.25, 0.3) is 0 Å². The van der Waals surface area contributed by atoms with E-state index in [-0.39, 0.29) is 5.41 Å². The highest BCUT2D eigenvalue weighted by Gasteiger charge is 2.26. The van der Waals surface area contributed by atoms with E-state index in [0.717, 1.165) is 34.4 Å². The van der Waals surface area contributed by atoms with Crippen LogP contribution in [0, 0.1) is 0 Å². The van der Waals surface area contributed by atoms with Gasteiger partial charge in [0.25, 0.3) is 0 Å². The summed E-state index contributed by atoms with van der Waals surface area (Å²) in [5.74, 6) is 3.91. The van der Waals surface area contributed by atoms with E-state index in [2.05, 4.69) is 77.9 Å². The highest BCUT2D eigenvalue weighted by Crippen LogP contribution is 2.40. The van der Waals surface area contributed by atoms with Crippen molar-refractivity contribution in [3.05, 3.63) is 107 Å². The maximum atomic E-state index is 6.25. The Kier molecular flexibility index (Phi) is 7.49. The minimum absolute atomic E-state index is 0.216. The smallest absolute Gasteiger partial charge is 0.130 e. The highest BCUT2D eigenvalue weighted by molar-refractivity contribution is 5.51. The SMILES string of the molecule is CC(C)c1cc(C(C)(C)c2ccc(Oc3ccc(N)cc3)c(C(C)C)c2)ccc1Oc1ccc(N)cc1. The molecule has 0 unspecified atom stereocenters. The largest absolute Gasteiger partial charge is 0.457 e. The predicted molar refractivity (Wildman–Crippen MR) is 155 cm³/mol. The Morgan fingerprint density at radius 2 is 0.892 bits per heavy atom. The summed E-state index contributed by atoms with van der Waals surface area (Å²) in [6.45, 7) is 13.3. The molecular formula is C33H38N2O2. The van der Waals surface area contributed by atoms with Gasteiger partial charge in [0.05, 0.1) is 0 Å². The van der Waals surface area contributed by atoms with Crippen molar-refractivity contribution in [1.82, 2.24) is 0 Å². The van der Waals surface area contributed by atoms with E-state index in [1.807, 2.05) is 48.5 Å². The first kappa shape index (κ1) is 26.2. The predicted octanol–water partition coefficient (Wildman–Crippen LogP) is 9.01. The van der Waals surface area contributed by atoms with Gasteiger partial charge in [-0.2, -0.15) is 0 Å². The van der Waals surface area contributed by atoms with E-state index in [1.165, 1.54) is 22.3 Å². The number of benzene rings is 4. The molecule has 0 atom stereocenters. The average Bonchev–Trinajstić information content (AvgIpc) is 2.86. The maximum Gasteiger partial charge on any atom is 0.130 e. The van der Waals surface area contributed by atoms with Crippen molar-refractivity contribution in [3.8, 4) is 23.0 Å². The summed E-state index contributed by atoms with van der Waals surface area (Å²) in [7, 11) is 0. The third-order valence-corrected chi connectivity index (χ3v) is 6.92. The standard InChI is InChI=1S/C33H38N2O2/c1-21(2)29-19-23(7-17-31(29)36-27-13-9-25(34)10-14-27)33(5,6)24-8-18-32(30(20-24)22(3)4)37-28-15-11-26(35)12-16-28/h7-22H,34-35H2,1-6H3. The van der Waals surface area contributed by atoms with Gasteiger partial charge < -0.3 is 20.9 Å². The molecular weight excluding hydrogens is 456 g/mol. The second kappa shape index (κ2) is 10.6. The third kappa shape index (κ3) is 5.91. The lowest BCUT2D eigenvalue weighted by Crippen LogP contribution is -2.20. The lowest BCUT2D eigenvalue weighted by atomic mass is 9.76.